The molecule has 2 amide bonds. The summed E-state index contributed by atoms with van der Waals surface area (Å²) in [5.41, 5.74) is 8.45. The van der Waals surface area contributed by atoms with Gasteiger partial charge in [0.25, 0.3) is 5.91 Å². The van der Waals surface area contributed by atoms with E-state index in [0.29, 0.717) is 12.0 Å². The van der Waals surface area contributed by atoms with Crippen LogP contribution in [0.4, 0.5) is 0 Å². The van der Waals surface area contributed by atoms with E-state index in [4.69, 9.17) is 5.73 Å². The van der Waals surface area contributed by atoms with E-state index in [-0.39, 0.29) is 11.3 Å². The number of carbonyl (C=O) groups is 2. The van der Waals surface area contributed by atoms with Crippen LogP contribution in [0, 0.1) is 0 Å². The van der Waals surface area contributed by atoms with Crippen LogP contribution in [0.25, 0.3) is 21.5 Å². The second-order valence-corrected chi connectivity index (χ2v) is 9.27. The molecule has 0 saturated carbocycles. The maximum absolute atomic E-state index is 13.4. The first-order valence-electron chi connectivity index (χ1n) is 10.8. The number of nitrogens with one attached hydrogen (secondary N) is 1. The molecule has 4 nitrogen and oxygen atoms in total. The monoisotopic (exact) mass is 424 g/mol. The van der Waals surface area contributed by atoms with Crippen LogP contribution in [-0.4, -0.2) is 17.9 Å². The van der Waals surface area contributed by atoms with Gasteiger partial charge in [0.15, 0.2) is 0 Å². The highest BCUT2D eigenvalue weighted by molar-refractivity contribution is 6.18. The molecule has 0 aliphatic heterocycles. The topological polar surface area (TPSA) is 72.2 Å². The quantitative estimate of drug-likeness (QED) is 0.437. The predicted molar refractivity (Wildman–Crippen MR) is 131 cm³/mol. The lowest BCUT2D eigenvalue weighted by Gasteiger charge is -2.20. The third-order valence-electron chi connectivity index (χ3n) is 5.91. The second-order valence-electron chi connectivity index (χ2n) is 9.27. The molecule has 3 N–H and O–H groups in total. The zero-order chi connectivity index (χ0) is 22.9. The largest absolute Gasteiger partial charge is 0.368 e. The predicted octanol–water partition coefficient (Wildman–Crippen LogP) is 5.12. The average molecular weight is 425 g/mol. The highest BCUT2D eigenvalue weighted by Crippen LogP contribution is 2.28. The normalized spacial score (nSPS) is 12.6. The Morgan fingerprint density at radius 3 is 1.88 bits per heavy atom. The second kappa shape index (κ2) is 8.46. The molecule has 4 heteroatoms. The van der Waals surface area contributed by atoms with Crippen molar-refractivity contribution in [3.63, 3.8) is 0 Å². The Bertz CT molecular complexity index is 1250. The van der Waals surface area contributed by atoms with E-state index >= 15 is 0 Å². The minimum absolute atomic E-state index is 0.0469. The van der Waals surface area contributed by atoms with Crippen molar-refractivity contribution in [2.45, 2.75) is 38.6 Å². The molecule has 0 spiro atoms. The molecule has 4 aromatic rings. The van der Waals surface area contributed by atoms with Crippen molar-refractivity contribution in [1.82, 2.24) is 5.32 Å². The Labute approximate surface area is 188 Å². The molecule has 0 unspecified atom stereocenters. The number of fused-ring (bicyclic) bond motifs is 2. The van der Waals surface area contributed by atoms with E-state index in [2.05, 4.69) is 44.3 Å². The maximum Gasteiger partial charge on any atom is 0.253 e. The van der Waals surface area contributed by atoms with Crippen LogP contribution in [0.3, 0.4) is 0 Å². The molecule has 0 heterocycles. The van der Waals surface area contributed by atoms with Crippen molar-refractivity contribution < 1.29 is 9.59 Å². The van der Waals surface area contributed by atoms with Gasteiger partial charge in [0.1, 0.15) is 6.04 Å². The molecule has 162 valence electrons. The summed E-state index contributed by atoms with van der Waals surface area (Å²) >= 11 is 0. The number of hydrogen-bond acceptors (Lipinski definition) is 2. The van der Waals surface area contributed by atoms with Crippen molar-refractivity contribution in [1.29, 1.82) is 0 Å². The van der Waals surface area contributed by atoms with Crippen LogP contribution in [0.2, 0.25) is 0 Å². The molecule has 0 aliphatic carbocycles. The molecule has 0 fully saturated rings. The van der Waals surface area contributed by atoms with Gasteiger partial charge in [-0.1, -0.05) is 93.6 Å². The zero-order valence-corrected chi connectivity index (χ0v) is 18.7. The number of primary amides is 1. The summed E-state index contributed by atoms with van der Waals surface area (Å²) in [6, 6.07) is 25.0. The highest BCUT2D eigenvalue weighted by atomic mass is 16.2. The summed E-state index contributed by atoms with van der Waals surface area (Å²) < 4.78 is 0. The third-order valence-corrected chi connectivity index (χ3v) is 5.91. The Morgan fingerprint density at radius 2 is 1.38 bits per heavy atom. The number of benzene rings is 4. The van der Waals surface area contributed by atoms with Gasteiger partial charge in [-0.3, -0.25) is 9.59 Å². The van der Waals surface area contributed by atoms with E-state index in [0.717, 1.165) is 27.1 Å². The summed E-state index contributed by atoms with van der Waals surface area (Å²) in [6.45, 7) is 6.47. The third kappa shape index (κ3) is 4.35. The van der Waals surface area contributed by atoms with Gasteiger partial charge in [-0.2, -0.15) is 0 Å². The van der Waals surface area contributed by atoms with E-state index in [9.17, 15) is 9.59 Å². The fourth-order valence-electron chi connectivity index (χ4n) is 4.09. The molecular formula is C28H28N2O2. The highest BCUT2D eigenvalue weighted by Gasteiger charge is 2.23. The van der Waals surface area contributed by atoms with Crippen LogP contribution in [0.1, 0.15) is 42.3 Å². The van der Waals surface area contributed by atoms with Crippen LogP contribution < -0.4 is 11.1 Å². The van der Waals surface area contributed by atoms with Gasteiger partial charge in [0.05, 0.1) is 5.56 Å². The van der Waals surface area contributed by atoms with Crippen LogP contribution in [-0.2, 0) is 16.6 Å². The van der Waals surface area contributed by atoms with Gasteiger partial charge in [-0.05, 0) is 44.2 Å². The average Bonchev–Trinajstić information content (AvgIpc) is 2.76. The number of rotatable bonds is 5. The van der Waals surface area contributed by atoms with E-state index < -0.39 is 11.9 Å². The first kappa shape index (κ1) is 21.6. The summed E-state index contributed by atoms with van der Waals surface area (Å²) in [6.07, 6.45) is 0.341. The number of nitrogens with two attached hydrogens (primary N) is 1. The van der Waals surface area contributed by atoms with Crippen molar-refractivity contribution in [2.75, 3.05) is 0 Å². The Kier molecular flexibility index (Phi) is 5.70. The molecule has 4 aromatic carbocycles. The molecule has 32 heavy (non-hydrogen) atoms. The minimum Gasteiger partial charge on any atom is -0.368 e. The molecule has 0 aliphatic rings. The zero-order valence-electron chi connectivity index (χ0n) is 18.7. The van der Waals surface area contributed by atoms with Crippen LogP contribution in [0.5, 0.6) is 0 Å². The van der Waals surface area contributed by atoms with Crippen molar-refractivity contribution in [3.8, 4) is 0 Å². The number of carbonyl (C=O) groups excluding carboxylic acids is 2. The summed E-state index contributed by atoms with van der Waals surface area (Å²) in [5, 5.41) is 6.55. The molecule has 0 saturated heterocycles. The Morgan fingerprint density at radius 1 is 0.844 bits per heavy atom. The van der Waals surface area contributed by atoms with Crippen LogP contribution >= 0.6 is 0 Å². The molecule has 0 aromatic heterocycles. The summed E-state index contributed by atoms with van der Waals surface area (Å²) in [4.78, 5) is 25.7. The molecule has 0 radical (unpaired) electrons. The van der Waals surface area contributed by atoms with Gasteiger partial charge in [0.2, 0.25) is 5.91 Å². The van der Waals surface area contributed by atoms with Gasteiger partial charge in [-0.25, -0.2) is 0 Å². The first-order chi connectivity index (χ1) is 15.2. The van der Waals surface area contributed by atoms with Gasteiger partial charge in [0, 0.05) is 6.42 Å². The van der Waals surface area contributed by atoms with E-state index in [1.54, 1.807) is 0 Å². The fraction of sp³-hybridized carbons (Fsp3) is 0.214. The maximum atomic E-state index is 13.4. The van der Waals surface area contributed by atoms with Crippen LogP contribution in [0.15, 0.2) is 78.9 Å². The lowest BCUT2D eigenvalue weighted by molar-refractivity contribution is -0.119. The van der Waals surface area contributed by atoms with E-state index in [1.807, 2.05) is 60.7 Å². The Hall–Kier alpha value is -3.66. The minimum atomic E-state index is -0.805. The number of hydrogen-bond donors (Lipinski definition) is 2. The van der Waals surface area contributed by atoms with Crippen molar-refractivity contribution in [3.05, 3.63) is 95.6 Å². The smallest absolute Gasteiger partial charge is 0.253 e. The lowest BCUT2D eigenvalue weighted by atomic mass is 9.86. The van der Waals surface area contributed by atoms with Gasteiger partial charge >= 0.3 is 0 Å². The van der Waals surface area contributed by atoms with Gasteiger partial charge < -0.3 is 11.1 Å². The Balaban J connectivity index is 1.66. The van der Waals surface area contributed by atoms with E-state index in [1.165, 1.54) is 5.56 Å². The lowest BCUT2D eigenvalue weighted by Crippen LogP contribution is -2.46. The standard InChI is InChI=1S/C28H28N2O2/c1-28(2,3)21-14-12-18(13-15-21)16-24(26(29)31)30-27(32)25-22-10-6-4-8-19(22)17-20-9-5-7-11-23(20)25/h4-15,17,24H,16H2,1-3H3,(H2,29,31)(H,30,32)/t24-/m1/s1. The molecular weight excluding hydrogens is 396 g/mol. The number of amides is 2. The van der Waals surface area contributed by atoms with Crippen molar-refractivity contribution in [2.24, 2.45) is 5.73 Å². The first-order valence-corrected chi connectivity index (χ1v) is 10.8. The fourth-order valence-corrected chi connectivity index (χ4v) is 4.09. The molecule has 1 atom stereocenters. The summed E-state index contributed by atoms with van der Waals surface area (Å²) in [5.74, 6) is -0.851. The molecule has 0 bridgehead atoms. The van der Waals surface area contributed by atoms with Gasteiger partial charge in [-0.15, -0.1) is 0 Å². The summed E-state index contributed by atoms with van der Waals surface area (Å²) in [7, 11) is 0. The molecule has 4 rings (SSSR count). The SMILES string of the molecule is CC(C)(C)c1ccc(C[C@@H](NC(=O)c2c3ccccc3cc3ccccc23)C(N)=O)cc1. The van der Waals surface area contributed by atoms with Crippen molar-refractivity contribution >= 4 is 33.4 Å².